The van der Waals surface area contributed by atoms with Crippen molar-refractivity contribution in [2.45, 2.75) is 90.4 Å². The number of carbonyl (C=O) groups is 2. The Balaban J connectivity index is 1.71. The number of ether oxygens (including phenoxy) is 4. The van der Waals surface area contributed by atoms with E-state index < -0.39 is 38.7 Å². The molecule has 0 aromatic heterocycles. The Labute approximate surface area is 268 Å². The number of aliphatic hydroxyl groups excluding tert-OH is 2. The predicted molar refractivity (Wildman–Crippen MR) is 175 cm³/mol. The second-order valence-corrected chi connectivity index (χ2v) is 11.8. The van der Waals surface area contributed by atoms with Gasteiger partial charge in [-0.05, 0) is 78.3 Å². The summed E-state index contributed by atoms with van der Waals surface area (Å²) >= 11 is 0. The molecular weight excluding hydrogens is 572 g/mol. The normalized spacial score (nSPS) is 16.1. The van der Waals surface area contributed by atoms with Crippen molar-refractivity contribution < 1.29 is 38.7 Å². The average molecular weight is 623 g/mol. The van der Waals surface area contributed by atoms with Crippen LogP contribution in [-0.2, 0) is 25.5 Å². The van der Waals surface area contributed by atoms with Gasteiger partial charge in [0.15, 0.2) is 11.5 Å². The molecule has 3 rings (SSSR count). The van der Waals surface area contributed by atoms with E-state index in [9.17, 15) is 9.59 Å². The van der Waals surface area contributed by atoms with E-state index in [4.69, 9.17) is 29.2 Å². The molecule has 0 unspecified atom stereocenters. The molecule has 8 nitrogen and oxygen atoms in total. The molecule has 2 aromatic carbocycles. The Morgan fingerprint density at radius 2 is 1.33 bits per heavy atom. The molecule has 0 saturated heterocycles. The molecule has 0 amide bonds. The summed E-state index contributed by atoms with van der Waals surface area (Å²) in [5, 5.41) is 18.2. The van der Waals surface area contributed by atoms with Crippen LogP contribution >= 0.6 is 0 Å². The molecular formula is C37H50O8. The van der Waals surface area contributed by atoms with Crippen molar-refractivity contribution in [3.05, 3.63) is 71.8 Å². The molecule has 246 valence electrons. The summed E-state index contributed by atoms with van der Waals surface area (Å²) < 4.78 is 21.4. The fourth-order valence-corrected chi connectivity index (χ4v) is 5.83. The summed E-state index contributed by atoms with van der Waals surface area (Å²) in [7, 11) is 0. The van der Waals surface area contributed by atoms with E-state index in [2.05, 4.69) is 45.2 Å². The summed E-state index contributed by atoms with van der Waals surface area (Å²) in [5.74, 6) is 0.417. The van der Waals surface area contributed by atoms with Gasteiger partial charge in [0.25, 0.3) is 0 Å². The summed E-state index contributed by atoms with van der Waals surface area (Å²) in [4.78, 5) is 23.8. The number of aliphatic hydroxyl groups is 2. The third kappa shape index (κ3) is 11.0. The molecule has 2 N–H and O–H groups in total. The maximum atomic E-state index is 11.9. The molecule has 1 fully saturated rings. The highest BCUT2D eigenvalue weighted by Crippen LogP contribution is 2.41. The Morgan fingerprint density at radius 1 is 0.756 bits per heavy atom. The highest BCUT2D eigenvalue weighted by atomic mass is 16.7. The van der Waals surface area contributed by atoms with E-state index in [1.165, 1.54) is 75.3 Å². The highest BCUT2D eigenvalue weighted by Gasteiger charge is 2.24. The lowest BCUT2D eigenvalue weighted by Crippen LogP contribution is -2.15. The molecule has 0 heterocycles. The van der Waals surface area contributed by atoms with E-state index in [-0.39, 0.29) is 22.6 Å². The van der Waals surface area contributed by atoms with E-state index in [0.29, 0.717) is 5.92 Å². The zero-order valence-corrected chi connectivity index (χ0v) is 27.0. The first-order chi connectivity index (χ1) is 21.8. The van der Waals surface area contributed by atoms with Crippen LogP contribution in [0.2, 0.25) is 0 Å². The zero-order chi connectivity index (χ0) is 32.6. The second kappa shape index (κ2) is 19.0. The molecule has 8 heteroatoms. The molecule has 1 aliphatic carbocycles. The van der Waals surface area contributed by atoms with Gasteiger partial charge in [-0.2, -0.15) is 0 Å². The lowest BCUT2D eigenvalue weighted by Gasteiger charge is -2.30. The average Bonchev–Trinajstić information content (AvgIpc) is 3.07. The Hall–Kier alpha value is -3.62. The van der Waals surface area contributed by atoms with E-state index in [1.807, 2.05) is 6.07 Å². The first kappa shape index (κ1) is 35.9. The number of benzene rings is 2. The van der Waals surface area contributed by atoms with Gasteiger partial charge in [0.05, 0.1) is 24.4 Å². The van der Waals surface area contributed by atoms with Gasteiger partial charge in [0.1, 0.15) is 0 Å². The molecule has 0 radical (unpaired) electrons. The number of hydrogen-bond acceptors (Lipinski definition) is 8. The summed E-state index contributed by atoms with van der Waals surface area (Å²) in [5.41, 5.74) is 4.49. The van der Waals surface area contributed by atoms with Crippen molar-refractivity contribution in [3.63, 3.8) is 0 Å². The summed E-state index contributed by atoms with van der Waals surface area (Å²) in [6, 6.07) is 12.0. The molecule has 0 aliphatic heterocycles. The molecule has 0 atom stereocenters. The van der Waals surface area contributed by atoms with Crippen LogP contribution < -0.4 is 9.47 Å². The predicted octanol–water partition coefficient (Wildman–Crippen LogP) is 7.41. The minimum Gasteiger partial charge on any atom is -0.453 e. The van der Waals surface area contributed by atoms with Crippen LogP contribution in [0.5, 0.6) is 11.5 Å². The number of unbranched alkanes of at least 4 members (excludes halogenated alkanes) is 4. The van der Waals surface area contributed by atoms with Crippen LogP contribution in [0, 0.1) is 5.92 Å². The molecule has 0 bridgehead atoms. The third-order valence-electron chi connectivity index (χ3n) is 8.57. The maximum absolute atomic E-state index is 11.9. The number of rotatable bonds is 19. The SMILES string of the molecule is C=C(CO)C(=O)OCOc1ccc(-c2ccc(C3CCC(CCCCCCC)CC3)c(CC)c2)cc1OCOC(=O)C(=C)CO. The monoisotopic (exact) mass is 622 g/mol. The van der Waals surface area contributed by atoms with Crippen LogP contribution in [0.1, 0.15) is 95.1 Å². The molecule has 2 aromatic rings. The van der Waals surface area contributed by atoms with E-state index >= 15 is 0 Å². The largest absolute Gasteiger partial charge is 0.453 e. The summed E-state index contributed by atoms with van der Waals surface area (Å²) in [6.45, 7) is 9.41. The first-order valence-electron chi connectivity index (χ1n) is 16.2. The highest BCUT2D eigenvalue weighted by molar-refractivity contribution is 5.88. The quantitative estimate of drug-likeness (QED) is 0.0721. The fraction of sp³-hybridized carbons (Fsp3) is 0.514. The molecule has 45 heavy (non-hydrogen) atoms. The van der Waals surface area contributed by atoms with Gasteiger partial charge in [0.2, 0.25) is 13.6 Å². The van der Waals surface area contributed by atoms with Crippen LogP contribution in [0.4, 0.5) is 0 Å². The lowest BCUT2D eigenvalue weighted by atomic mass is 9.75. The van der Waals surface area contributed by atoms with Gasteiger partial charge in [-0.1, -0.05) is 89.8 Å². The van der Waals surface area contributed by atoms with E-state index in [0.717, 1.165) is 23.5 Å². The number of hydrogen-bond donors (Lipinski definition) is 2. The van der Waals surface area contributed by atoms with Crippen LogP contribution in [0.25, 0.3) is 11.1 Å². The van der Waals surface area contributed by atoms with Crippen molar-refractivity contribution in [2.75, 3.05) is 26.8 Å². The van der Waals surface area contributed by atoms with Crippen molar-refractivity contribution in [3.8, 4) is 22.6 Å². The third-order valence-corrected chi connectivity index (χ3v) is 8.57. The van der Waals surface area contributed by atoms with Crippen LogP contribution in [0.15, 0.2) is 60.7 Å². The molecule has 0 spiro atoms. The van der Waals surface area contributed by atoms with Crippen molar-refractivity contribution in [1.29, 1.82) is 0 Å². The molecule has 1 aliphatic rings. The van der Waals surface area contributed by atoms with Crippen molar-refractivity contribution >= 4 is 11.9 Å². The van der Waals surface area contributed by atoms with Crippen LogP contribution in [0.3, 0.4) is 0 Å². The minimum absolute atomic E-state index is 0.0945. The van der Waals surface area contributed by atoms with Crippen LogP contribution in [-0.4, -0.2) is 49.0 Å². The molecule has 1 saturated carbocycles. The fourth-order valence-electron chi connectivity index (χ4n) is 5.83. The zero-order valence-electron chi connectivity index (χ0n) is 27.0. The smallest absolute Gasteiger partial charge is 0.338 e. The Bertz CT molecular complexity index is 1280. The van der Waals surface area contributed by atoms with Gasteiger partial charge < -0.3 is 29.2 Å². The van der Waals surface area contributed by atoms with Gasteiger partial charge in [-0.25, -0.2) is 9.59 Å². The lowest BCUT2D eigenvalue weighted by molar-refractivity contribution is -0.147. The van der Waals surface area contributed by atoms with Gasteiger partial charge in [0, 0.05) is 0 Å². The minimum atomic E-state index is -0.781. The van der Waals surface area contributed by atoms with Crippen molar-refractivity contribution in [2.24, 2.45) is 5.92 Å². The number of aryl methyl sites for hydroxylation is 1. The standard InChI is InChI=1S/C37H50O8/c1-5-7-8-9-10-11-28-12-14-30(15-13-28)33-18-16-31(20-29(33)6-2)32-17-19-34(42-24-44-36(40)26(3)22-38)35(21-32)43-25-45-37(41)27(4)23-39/h16-21,28,30,38-39H,3-15,22-25H2,1-2H3. The second-order valence-electron chi connectivity index (χ2n) is 11.8. The van der Waals surface area contributed by atoms with Gasteiger partial charge in [-0.3, -0.25) is 0 Å². The Morgan fingerprint density at radius 3 is 1.93 bits per heavy atom. The van der Waals surface area contributed by atoms with Crippen molar-refractivity contribution in [1.82, 2.24) is 0 Å². The van der Waals surface area contributed by atoms with Gasteiger partial charge >= 0.3 is 11.9 Å². The Kier molecular flexibility index (Phi) is 15.2. The number of carbonyl (C=O) groups excluding carboxylic acids is 2. The van der Waals surface area contributed by atoms with Gasteiger partial charge in [-0.15, -0.1) is 0 Å². The van der Waals surface area contributed by atoms with E-state index in [1.54, 1.807) is 12.1 Å². The maximum Gasteiger partial charge on any atom is 0.338 e. The first-order valence-corrected chi connectivity index (χ1v) is 16.2. The topological polar surface area (TPSA) is 112 Å². The summed E-state index contributed by atoms with van der Waals surface area (Å²) in [6.07, 6.45) is 14.2. The number of esters is 2.